The summed E-state index contributed by atoms with van der Waals surface area (Å²) in [5, 5.41) is 3.33. The minimum absolute atomic E-state index is 0.250. The largest absolute Gasteiger partial charge is 0.368 e. The fourth-order valence-electron chi connectivity index (χ4n) is 3.24. The first-order valence-corrected chi connectivity index (χ1v) is 7.84. The molecule has 0 bridgehead atoms. The second-order valence-electron chi connectivity index (χ2n) is 7.91. The van der Waals surface area contributed by atoms with Gasteiger partial charge in [0.2, 0.25) is 5.91 Å². The third-order valence-electron chi connectivity index (χ3n) is 4.50. The van der Waals surface area contributed by atoms with E-state index in [4.69, 9.17) is 5.73 Å². The number of piperidine rings is 1. The van der Waals surface area contributed by atoms with Crippen LogP contribution in [0.3, 0.4) is 0 Å². The van der Waals surface area contributed by atoms with Crippen molar-refractivity contribution in [2.45, 2.75) is 66.0 Å². The minimum atomic E-state index is -0.636. The molecule has 1 atom stereocenters. The number of amides is 1. The molecule has 1 fully saturated rings. The molecule has 1 rings (SSSR count). The van der Waals surface area contributed by atoms with E-state index in [2.05, 4.69) is 31.0 Å². The average molecular weight is 283 g/mol. The van der Waals surface area contributed by atoms with Gasteiger partial charge in [-0.25, -0.2) is 0 Å². The molecule has 1 unspecified atom stereocenters. The van der Waals surface area contributed by atoms with Crippen molar-refractivity contribution in [3.63, 3.8) is 0 Å². The maximum absolute atomic E-state index is 11.8. The van der Waals surface area contributed by atoms with Crippen LogP contribution < -0.4 is 11.1 Å². The summed E-state index contributed by atoms with van der Waals surface area (Å²) in [5.74, 6) is 0.515. The number of nitrogens with zero attached hydrogens (tertiary/aromatic N) is 1. The molecule has 0 radical (unpaired) electrons. The Morgan fingerprint density at radius 3 is 2.10 bits per heavy atom. The van der Waals surface area contributed by atoms with Crippen molar-refractivity contribution in [1.29, 1.82) is 0 Å². The van der Waals surface area contributed by atoms with Crippen molar-refractivity contribution in [1.82, 2.24) is 10.2 Å². The molecule has 0 aromatic heterocycles. The summed E-state index contributed by atoms with van der Waals surface area (Å²) >= 11 is 0. The highest BCUT2D eigenvalue weighted by molar-refractivity contribution is 5.84. The normalized spacial score (nSPS) is 21.9. The Balaban J connectivity index is 2.59. The molecule has 0 aromatic carbocycles. The summed E-state index contributed by atoms with van der Waals surface area (Å²) in [5.41, 5.74) is 5.35. The maximum Gasteiger partial charge on any atom is 0.238 e. The standard InChI is InChI=1S/C16H33N3O/c1-12(2)18-16(6,14(17)20)11-19-9-7-13(8-10-19)15(3,4)5/h12-13,18H,7-11H2,1-6H3,(H2,17,20). The second-order valence-corrected chi connectivity index (χ2v) is 7.91. The lowest BCUT2D eigenvalue weighted by atomic mass is 9.75. The number of nitrogens with two attached hydrogens (primary N) is 1. The van der Waals surface area contributed by atoms with Crippen LogP contribution in [0.4, 0.5) is 0 Å². The molecular formula is C16H33N3O. The van der Waals surface area contributed by atoms with Gasteiger partial charge >= 0.3 is 0 Å². The van der Waals surface area contributed by atoms with Crippen molar-refractivity contribution < 1.29 is 4.79 Å². The third-order valence-corrected chi connectivity index (χ3v) is 4.50. The lowest BCUT2D eigenvalue weighted by Gasteiger charge is -2.42. The quantitative estimate of drug-likeness (QED) is 0.811. The molecule has 4 heteroatoms. The summed E-state index contributed by atoms with van der Waals surface area (Å²) in [6.07, 6.45) is 2.42. The number of primary amides is 1. The van der Waals surface area contributed by atoms with Crippen LogP contribution in [0, 0.1) is 11.3 Å². The van der Waals surface area contributed by atoms with Gasteiger partial charge in [-0.15, -0.1) is 0 Å². The van der Waals surface area contributed by atoms with Crippen molar-refractivity contribution in [3.8, 4) is 0 Å². The Morgan fingerprint density at radius 2 is 1.75 bits per heavy atom. The van der Waals surface area contributed by atoms with Gasteiger partial charge in [-0.1, -0.05) is 20.8 Å². The van der Waals surface area contributed by atoms with Gasteiger partial charge in [-0.2, -0.15) is 0 Å². The van der Waals surface area contributed by atoms with Crippen LogP contribution in [0.25, 0.3) is 0 Å². The average Bonchev–Trinajstić information content (AvgIpc) is 2.26. The predicted molar refractivity (Wildman–Crippen MR) is 84.5 cm³/mol. The second kappa shape index (κ2) is 6.44. The Kier molecular flexibility index (Phi) is 5.61. The van der Waals surface area contributed by atoms with E-state index in [1.807, 2.05) is 20.8 Å². The smallest absolute Gasteiger partial charge is 0.238 e. The highest BCUT2D eigenvalue weighted by Crippen LogP contribution is 2.34. The summed E-state index contributed by atoms with van der Waals surface area (Å²) in [4.78, 5) is 14.2. The van der Waals surface area contributed by atoms with Gasteiger partial charge in [0, 0.05) is 12.6 Å². The van der Waals surface area contributed by atoms with Crippen LogP contribution in [0.2, 0.25) is 0 Å². The van der Waals surface area contributed by atoms with E-state index in [9.17, 15) is 4.79 Å². The van der Waals surface area contributed by atoms with Gasteiger partial charge in [-0.3, -0.25) is 4.79 Å². The van der Waals surface area contributed by atoms with E-state index in [1.165, 1.54) is 12.8 Å². The number of carbonyl (C=O) groups is 1. The first-order valence-electron chi connectivity index (χ1n) is 7.84. The van der Waals surface area contributed by atoms with E-state index in [1.54, 1.807) is 0 Å². The van der Waals surface area contributed by atoms with Crippen molar-refractivity contribution in [3.05, 3.63) is 0 Å². The molecule has 1 heterocycles. The molecule has 0 aliphatic carbocycles. The molecule has 1 aliphatic rings. The summed E-state index contributed by atoms with van der Waals surface area (Å²) in [6, 6.07) is 0.250. The van der Waals surface area contributed by atoms with Crippen LogP contribution in [0.5, 0.6) is 0 Å². The van der Waals surface area contributed by atoms with Crippen molar-refractivity contribution >= 4 is 5.91 Å². The molecule has 1 amide bonds. The van der Waals surface area contributed by atoms with Crippen LogP contribution in [0.1, 0.15) is 54.4 Å². The summed E-state index contributed by atoms with van der Waals surface area (Å²) in [6.45, 7) is 15.8. The van der Waals surface area contributed by atoms with Crippen LogP contribution in [-0.2, 0) is 4.79 Å². The van der Waals surface area contributed by atoms with E-state index in [0.29, 0.717) is 12.0 Å². The molecule has 0 saturated carbocycles. The highest BCUT2D eigenvalue weighted by Gasteiger charge is 2.36. The molecule has 118 valence electrons. The molecular weight excluding hydrogens is 250 g/mol. The fourth-order valence-corrected chi connectivity index (χ4v) is 3.24. The van der Waals surface area contributed by atoms with E-state index >= 15 is 0 Å². The lowest BCUT2D eigenvalue weighted by molar-refractivity contribution is -0.125. The van der Waals surface area contributed by atoms with Gasteiger partial charge in [0.15, 0.2) is 0 Å². The number of carbonyl (C=O) groups excluding carboxylic acids is 1. The van der Waals surface area contributed by atoms with Crippen molar-refractivity contribution in [2.75, 3.05) is 19.6 Å². The van der Waals surface area contributed by atoms with Crippen LogP contribution >= 0.6 is 0 Å². The van der Waals surface area contributed by atoms with E-state index in [0.717, 1.165) is 19.0 Å². The van der Waals surface area contributed by atoms with Gasteiger partial charge in [0.05, 0.1) is 0 Å². The van der Waals surface area contributed by atoms with Crippen LogP contribution in [0.15, 0.2) is 0 Å². The van der Waals surface area contributed by atoms with Gasteiger partial charge in [-0.05, 0) is 58.0 Å². The zero-order valence-corrected chi connectivity index (χ0v) is 14.1. The number of nitrogens with one attached hydrogen (secondary N) is 1. The topological polar surface area (TPSA) is 58.4 Å². The molecule has 0 aromatic rings. The van der Waals surface area contributed by atoms with Gasteiger partial charge in [0.25, 0.3) is 0 Å². The Morgan fingerprint density at radius 1 is 1.25 bits per heavy atom. The van der Waals surface area contributed by atoms with Gasteiger partial charge in [0.1, 0.15) is 5.54 Å². The number of hydrogen-bond acceptors (Lipinski definition) is 3. The summed E-state index contributed by atoms with van der Waals surface area (Å²) < 4.78 is 0. The van der Waals surface area contributed by atoms with Gasteiger partial charge < -0.3 is 16.0 Å². The molecule has 0 spiro atoms. The Hall–Kier alpha value is -0.610. The molecule has 20 heavy (non-hydrogen) atoms. The molecule has 4 nitrogen and oxygen atoms in total. The minimum Gasteiger partial charge on any atom is -0.368 e. The predicted octanol–water partition coefficient (Wildman–Crippen LogP) is 1.99. The number of hydrogen-bond donors (Lipinski definition) is 2. The molecule has 1 aliphatic heterocycles. The van der Waals surface area contributed by atoms with Crippen molar-refractivity contribution in [2.24, 2.45) is 17.1 Å². The molecule has 1 saturated heterocycles. The fraction of sp³-hybridized carbons (Fsp3) is 0.938. The lowest BCUT2D eigenvalue weighted by Crippen LogP contribution is -2.62. The van der Waals surface area contributed by atoms with E-state index in [-0.39, 0.29) is 11.9 Å². The molecule has 3 N–H and O–H groups in total. The SMILES string of the molecule is CC(C)NC(C)(CN1CCC(C(C)(C)C)CC1)C(N)=O. The Labute approximate surface area is 124 Å². The Bertz CT molecular complexity index is 327. The number of likely N-dealkylation sites (tertiary alicyclic amines) is 1. The van der Waals surface area contributed by atoms with E-state index < -0.39 is 5.54 Å². The highest BCUT2D eigenvalue weighted by atomic mass is 16.1. The zero-order valence-electron chi connectivity index (χ0n) is 14.1. The van der Waals surface area contributed by atoms with Crippen LogP contribution in [-0.4, -0.2) is 42.0 Å². The maximum atomic E-state index is 11.8. The third kappa shape index (κ3) is 4.74. The first kappa shape index (κ1) is 17.4. The first-order chi connectivity index (χ1) is 9.04. The summed E-state index contributed by atoms with van der Waals surface area (Å²) in [7, 11) is 0. The zero-order chi connectivity index (χ0) is 15.6. The monoisotopic (exact) mass is 283 g/mol. The number of rotatable bonds is 5.